The SMILES string of the molecule is C=C1CN(Cc2nc(Nc3ccc(C(C)(C)C)nc3)c3ccc(-c4ncccc4C(F)(F)F)cc3n2)CCO1. The Kier molecular flexibility index (Phi) is 6.98. The van der Waals surface area contributed by atoms with Gasteiger partial charge < -0.3 is 10.1 Å². The minimum atomic E-state index is -4.53. The van der Waals surface area contributed by atoms with E-state index in [9.17, 15) is 13.2 Å². The topological polar surface area (TPSA) is 76.1 Å². The highest BCUT2D eigenvalue weighted by molar-refractivity contribution is 5.93. The molecule has 1 aliphatic heterocycles. The van der Waals surface area contributed by atoms with Crippen LogP contribution in [-0.2, 0) is 22.9 Å². The molecule has 0 amide bonds. The quantitative estimate of drug-likeness (QED) is 0.314. The molecule has 39 heavy (non-hydrogen) atoms. The Hall–Kier alpha value is -4.05. The van der Waals surface area contributed by atoms with Crippen LogP contribution in [0.3, 0.4) is 0 Å². The van der Waals surface area contributed by atoms with Gasteiger partial charge in [0.05, 0.1) is 41.7 Å². The molecule has 0 unspecified atom stereocenters. The van der Waals surface area contributed by atoms with Gasteiger partial charge in [-0.05, 0) is 36.4 Å². The minimum Gasteiger partial charge on any atom is -0.496 e. The Morgan fingerprint density at radius 1 is 1.05 bits per heavy atom. The molecule has 10 heteroatoms. The number of hydrogen-bond acceptors (Lipinski definition) is 7. The Labute approximate surface area is 224 Å². The third-order valence-electron chi connectivity index (χ3n) is 6.40. The molecular weight excluding hydrogens is 505 g/mol. The van der Waals surface area contributed by atoms with Crippen LogP contribution < -0.4 is 5.32 Å². The predicted octanol–water partition coefficient (Wildman–Crippen LogP) is 6.49. The van der Waals surface area contributed by atoms with E-state index in [-0.39, 0.29) is 11.1 Å². The molecule has 7 nitrogen and oxygen atoms in total. The molecule has 4 heterocycles. The molecular formula is C29H29F3N6O. The standard InChI is InChI=1S/C29H29F3N6O/c1-18-16-38(12-13-39-18)17-25-36-23-14-19(26-22(29(30,31)32)6-5-11-33-26)7-9-21(23)27(37-25)35-20-8-10-24(34-15-20)28(2,3)4/h5-11,14-15H,1,12-13,16-17H2,2-4H3,(H,35,36,37). The van der Waals surface area contributed by atoms with Crippen molar-refractivity contribution in [3.05, 3.63) is 84.3 Å². The van der Waals surface area contributed by atoms with E-state index in [4.69, 9.17) is 14.7 Å². The van der Waals surface area contributed by atoms with Crippen molar-refractivity contribution in [3.63, 3.8) is 0 Å². The van der Waals surface area contributed by atoms with Crippen molar-refractivity contribution in [2.75, 3.05) is 25.0 Å². The smallest absolute Gasteiger partial charge is 0.418 e. The van der Waals surface area contributed by atoms with Crippen LogP contribution in [0.25, 0.3) is 22.2 Å². The monoisotopic (exact) mass is 534 g/mol. The zero-order valence-corrected chi connectivity index (χ0v) is 22.0. The minimum absolute atomic E-state index is 0.0907. The van der Waals surface area contributed by atoms with Crippen molar-refractivity contribution in [2.45, 2.75) is 38.9 Å². The highest BCUT2D eigenvalue weighted by Gasteiger charge is 2.34. The van der Waals surface area contributed by atoms with E-state index in [2.05, 4.69) is 47.5 Å². The van der Waals surface area contributed by atoms with Gasteiger partial charge in [-0.1, -0.05) is 33.4 Å². The van der Waals surface area contributed by atoms with Crippen molar-refractivity contribution in [1.82, 2.24) is 24.8 Å². The molecule has 0 atom stereocenters. The van der Waals surface area contributed by atoms with E-state index < -0.39 is 11.7 Å². The lowest BCUT2D eigenvalue weighted by Gasteiger charge is -2.27. The first-order valence-electron chi connectivity index (χ1n) is 12.6. The second-order valence-corrected chi connectivity index (χ2v) is 10.5. The Balaban J connectivity index is 1.57. The summed E-state index contributed by atoms with van der Waals surface area (Å²) in [5, 5.41) is 4.00. The number of ether oxygens (including phenoxy) is 1. The van der Waals surface area contributed by atoms with Crippen molar-refractivity contribution >= 4 is 22.4 Å². The van der Waals surface area contributed by atoms with E-state index in [1.54, 1.807) is 24.4 Å². The number of hydrogen-bond donors (Lipinski definition) is 1. The number of anilines is 2. The lowest BCUT2D eigenvalue weighted by molar-refractivity contribution is -0.137. The first kappa shape index (κ1) is 26.6. The zero-order chi connectivity index (χ0) is 27.8. The molecule has 3 aromatic heterocycles. The lowest BCUT2D eigenvalue weighted by atomic mass is 9.92. The highest BCUT2D eigenvalue weighted by atomic mass is 19.4. The van der Waals surface area contributed by atoms with Crippen molar-refractivity contribution < 1.29 is 17.9 Å². The molecule has 5 rings (SSSR count). The highest BCUT2D eigenvalue weighted by Crippen LogP contribution is 2.37. The predicted molar refractivity (Wildman–Crippen MR) is 144 cm³/mol. The Morgan fingerprint density at radius 2 is 1.87 bits per heavy atom. The zero-order valence-electron chi connectivity index (χ0n) is 22.0. The number of nitrogens with one attached hydrogen (secondary N) is 1. The first-order valence-corrected chi connectivity index (χ1v) is 12.6. The number of alkyl halides is 3. The number of fused-ring (bicyclic) bond motifs is 1. The summed E-state index contributed by atoms with van der Waals surface area (Å²) in [5.74, 6) is 1.73. The fraction of sp³-hybridized carbons (Fsp3) is 0.310. The van der Waals surface area contributed by atoms with Crippen LogP contribution in [0.15, 0.2) is 67.2 Å². The average molecular weight is 535 g/mol. The van der Waals surface area contributed by atoms with Gasteiger partial charge >= 0.3 is 6.18 Å². The van der Waals surface area contributed by atoms with E-state index in [0.717, 1.165) is 17.4 Å². The third kappa shape index (κ3) is 6.01. The molecule has 202 valence electrons. The maximum Gasteiger partial charge on any atom is 0.418 e. The number of pyridine rings is 2. The Morgan fingerprint density at radius 3 is 2.56 bits per heavy atom. The second-order valence-electron chi connectivity index (χ2n) is 10.5. The molecule has 1 saturated heterocycles. The van der Waals surface area contributed by atoms with Crippen molar-refractivity contribution in [1.29, 1.82) is 0 Å². The maximum absolute atomic E-state index is 13.7. The van der Waals surface area contributed by atoms with Gasteiger partial charge in [-0.2, -0.15) is 13.2 Å². The van der Waals surface area contributed by atoms with Gasteiger partial charge in [-0.25, -0.2) is 9.97 Å². The van der Waals surface area contributed by atoms with Gasteiger partial charge in [-0.15, -0.1) is 0 Å². The second kappa shape index (κ2) is 10.3. The number of morpholine rings is 1. The average Bonchev–Trinajstić information content (AvgIpc) is 2.88. The van der Waals surface area contributed by atoms with Crippen LogP contribution in [0.1, 0.15) is 37.9 Å². The molecule has 1 N–H and O–H groups in total. The van der Waals surface area contributed by atoms with E-state index >= 15 is 0 Å². The van der Waals surface area contributed by atoms with Crippen molar-refractivity contribution in [2.24, 2.45) is 0 Å². The van der Waals surface area contributed by atoms with Crippen LogP contribution in [0.2, 0.25) is 0 Å². The summed E-state index contributed by atoms with van der Waals surface area (Å²) in [6.07, 6.45) is -1.43. The van der Waals surface area contributed by atoms with Gasteiger partial charge in [-0.3, -0.25) is 14.9 Å². The molecule has 0 aliphatic carbocycles. The molecule has 1 aromatic carbocycles. The summed E-state index contributed by atoms with van der Waals surface area (Å²) in [5.41, 5.74) is 1.48. The van der Waals surface area contributed by atoms with Crippen LogP contribution in [-0.4, -0.2) is 44.5 Å². The molecule has 1 fully saturated rings. The number of benzene rings is 1. The largest absolute Gasteiger partial charge is 0.496 e. The summed E-state index contributed by atoms with van der Waals surface area (Å²) in [7, 11) is 0. The lowest BCUT2D eigenvalue weighted by Crippen LogP contribution is -2.34. The third-order valence-corrected chi connectivity index (χ3v) is 6.40. The molecule has 4 aromatic rings. The van der Waals surface area contributed by atoms with E-state index in [0.29, 0.717) is 60.1 Å². The molecule has 0 bridgehead atoms. The molecule has 0 spiro atoms. The van der Waals surface area contributed by atoms with Gasteiger partial charge in [0.15, 0.2) is 0 Å². The number of aromatic nitrogens is 4. The Bertz CT molecular complexity index is 1510. The fourth-order valence-corrected chi connectivity index (χ4v) is 4.43. The summed E-state index contributed by atoms with van der Waals surface area (Å²) >= 11 is 0. The fourth-order valence-electron chi connectivity index (χ4n) is 4.43. The van der Waals surface area contributed by atoms with Gasteiger partial charge in [0.25, 0.3) is 0 Å². The van der Waals surface area contributed by atoms with Gasteiger partial charge in [0.2, 0.25) is 0 Å². The summed E-state index contributed by atoms with van der Waals surface area (Å²) in [6.45, 7) is 12.4. The number of halogens is 3. The molecule has 0 radical (unpaired) electrons. The van der Waals surface area contributed by atoms with Crippen LogP contribution in [0.4, 0.5) is 24.7 Å². The summed E-state index contributed by atoms with van der Waals surface area (Å²) < 4.78 is 46.6. The van der Waals surface area contributed by atoms with Crippen LogP contribution >= 0.6 is 0 Å². The number of nitrogens with zero attached hydrogens (tertiary/aromatic N) is 5. The van der Waals surface area contributed by atoms with Crippen molar-refractivity contribution in [3.8, 4) is 11.3 Å². The van der Waals surface area contributed by atoms with Crippen LogP contribution in [0.5, 0.6) is 0 Å². The first-order chi connectivity index (χ1) is 18.5. The van der Waals surface area contributed by atoms with Crippen LogP contribution in [0, 0.1) is 0 Å². The summed E-state index contributed by atoms with van der Waals surface area (Å²) in [4.78, 5) is 20.3. The van der Waals surface area contributed by atoms with E-state index in [1.807, 2.05) is 12.1 Å². The summed E-state index contributed by atoms with van der Waals surface area (Å²) in [6, 6.07) is 11.2. The normalized spacial score (nSPS) is 14.9. The molecule has 0 saturated carbocycles. The maximum atomic E-state index is 13.7. The van der Waals surface area contributed by atoms with Gasteiger partial charge in [0, 0.05) is 34.8 Å². The van der Waals surface area contributed by atoms with Gasteiger partial charge in [0.1, 0.15) is 24.0 Å². The van der Waals surface area contributed by atoms with E-state index in [1.165, 1.54) is 12.3 Å². The molecule has 1 aliphatic rings. The number of rotatable bonds is 5.